The average molecular weight is 379 g/mol. The summed E-state index contributed by atoms with van der Waals surface area (Å²) in [4.78, 5) is 24.5. The Balaban J connectivity index is 1.63. The van der Waals surface area contributed by atoms with Crippen LogP contribution >= 0.6 is 0 Å². The highest BCUT2D eigenvalue weighted by atomic mass is 16.5. The second-order valence-electron chi connectivity index (χ2n) is 5.98. The average Bonchev–Trinajstić information content (AvgIpc) is 2.72. The number of nitrogens with one attached hydrogen (secondary N) is 1. The molecule has 0 fully saturated rings. The fraction of sp³-hybridized carbons (Fsp3) is 0.182. The summed E-state index contributed by atoms with van der Waals surface area (Å²) in [6.45, 7) is 2.07. The number of carbonyl (C=O) groups is 2. The molecule has 0 aliphatic heterocycles. The van der Waals surface area contributed by atoms with Gasteiger partial charge in [-0.15, -0.1) is 0 Å². The molecule has 6 heteroatoms. The smallest absolute Gasteiger partial charge is 0.342 e. The lowest BCUT2D eigenvalue weighted by atomic mass is 10.1. The number of amides is 1. The topological polar surface area (TPSA) is 73.9 Å². The fourth-order valence-corrected chi connectivity index (χ4v) is 2.75. The molecule has 0 aliphatic rings. The number of benzene rings is 3. The molecular weight excluding hydrogens is 358 g/mol. The summed E-state index contributed by atoms with van der Waals surface area (Å²) in [5.41, 5.74) is 0.864. The molecule has 28 heavy (non-hydrogen) atoms. The Hall–Kier alpha value is -3.54. The van der Waals surface area contributed by atoms with Crippen LogP contribution in [-0.4, -0.2) is 32.2 Å². The molecule has 1 amide bonds. The SMILES string of the molecule is CCOc1ccc(NC(=O)COC(=O)c2cc3ccccc3cc2OC)cc1. The molecule has 0 saturated heterocycles. The molecule has 0 saturated carbocycles. The van der Waals surface area contributed by atoms with Crippen LogP contribution in [0.25, 0.3) is 10.8 Å². The molecule has 3 rings (SSSR count). The van der Waals surface area contributed by atoms with Crippen molar-refractivity contribution in [1.29, 1.82) is 0 Å². The summed E-state index contributed by atoms with van der Waals surface area (Å²) >= 11 is 0. The summed E-state index contributed by atoms with van der Waals surface area (Å²) in [6.07, 6.45) is 0. The largest absolute Gasteiger partial charge is 0.496 e. The van der Waals surface area contributed by atoms with Gasteiger partial charge in [0, 0.05) is 5.69 Å². The van der Waals surface area contributed by atoms with E-state index in [9.17, 15) is 9.59 Å². The van der Waals surface area contributed by atoms with Gasteiger partial charge >= 0.3 is 5.97 Å². The van der Waals surface area contributed by atoms with Gasteiger partial charge in [-0.2, -0.15) is 0 Å². The maximum Gasteiger partial charge on any atom is 0.342 e. The predicted octanol–water partition coefficient (Wildman–Crippen LogP) is 4.04. The lowest BCUT2D eigenvalue weighted by Gasteiger charge is -2.11. The summed E-state index contributed by atoms with van der Waals surface area (Å²) < 4.78 is 15.8. The Morgan fingerprint density at radius 3 is 2.29 bits per heavy atom. The molecule has 0 aromatic heterocycles. The van der Waals surface area contributed by atoms with Gasteiger partial charge in [0.25, 0.3) is 5.91 Å². The van der Waals surface area contributed by atoms with Gasteiger partial charge < -0.3 is 19.5 Å². The van der Waals surface area contributed by atoms with Gasteiger partial charge in [-0.3, -0.25) is 4.79 Å². The molecule has 0 spiro atoms. The van der Waals surface area contributed by atoms with E-state index in [0.29, 0.717) is 18.0 Å². The second kappa shape index (κ2) is 8.90. The number of ether oxygens (including phenoxy) is 3. The minimum Gasteiger partial charge on any atom is -0.496 e. The van der Waals surface area contributed by atoms with E-state index >= 15 is 0 Å². The van der Waals surface area contributed by atoms with Crippen LogP contribution in [0.4, 0.5) is 5.69 Å². The van der Waals surface area contributed by atoms with Crippen LogP contribution in [0.3, 0.4) is 0 Å². The predicted molar refractivity (Wildman–Crippen MR) is 107 cm³/mol. The van der Waals surface area contributed by atoms with Gasteiger partial charge in [-0.1, -0.05) is 24.3 Å². The molecule has 0 atom stereocenters. The number of fused-ring (bicyclic) bond motifs is 1. The van der Waals surface area contributed by atoms with Crippen molar-refractivity contribution in [2.45, 2.75) is 6.92 Å². The maximum atomic E-state index is 12.4. The molecule has 0 aliphatic carbocycles. The van der Waals surface area contributed by atoms with Crippen molar-refractivity contribution < 1.29 is 23.8 Å². The highest BCUT2D eigenvalue weighted by Gasteiger charge is 2.16. The van der Waals surface area contributed by atoms with Crippen LogP contribution in [0, 0.1) is 0 Å². The monoisotopic (exact) mass is 379 g/mol. The van der Waals surface area contributed by atoms with E-state index in [0.717, 1.165) is 16.5 Å². The van der Waals surface area contributed by atoms with Crippen LogP contribution in [-0.2, 0) is 9.53 Å². The molecule has 0 radical (unpaired) electrons. The van der Waals surface area contributed by atoms with Crippen molar-refractivity contribution in [2.75, 3.05) is 25.6 Å². The zero-order valence-corrected chi connectivity index (χ0v) is 15.7. The Morgan fingerprint density at radius 1 is 0.964 bits per heavy atom. The van der Waals surface area contributed by atoms with Crippen LogP contribution in [0.1, 0.15) is 17.3 Å². The van der Waals surface area contributed by atoms with E-state index in [-0.39, 0.29) is 5.56 Å². The number of hydrogen-bond donors (Lipinski definition) is 1. The molecular formula is C22H21NO5. The zero-order valence-electron chi connectivity index (χ0n) is 15.7. The van der Waals surface area contributed by atoms with Crippen LogP contribution in [0.2, 0.25) is 0 Å². The molecule has 0 heterocycles. The van der Waals surface area contributed by atoms with Crippen molar-refractivity contribution in [3.05, 3.63) is 66.2 Å². The summed E-state index contributed by atoms with van der Waals surface area (Å²) in [5.74, 6) is 0.0626. The third kappa shape index (κ3) is 4.59. The number of methoxy groups -OCH3 is 1. The second-order valence-corrected chi connectivity index (χ2v) is 5.98. The van der Waals surface area contributed by atoms with E-state index < -0.39 is 18.5 Å². The number of carbonyl (C=O) groups excluding carboxylic acids is 2. The number of hydrogen-bond acceptors (Lipinski definition) is 5. The highest BCUT2D eigenvalue weighted by molar-refractivity contribution is 6.00. The van der Waals surface area contributed by atoms with E-state index in [1.807, 2.05) is 31.2 Å². The van der Waals surface area contributed by atoms with Crippen molar-refractivity contribution >= 4 is 28.3 Å². The molecule has 0 bridgehead atoms. The molecule has 1 N–H and O–H groups in total. The summed E-state index contributed by atoms with van der Waals surface area (Å²) in [6, 6.07) is 18.0. The number of anilines is 1. The summed E-state index contributed by atoms with van der Waals surface area (Å²) in [5, 5.41) is 4.51. The molecule has 6 nitrogen and oxygen atoms in total. The van der Waals surface area contributed by atoms with E-state index in [1.165, 1.54) is 7.11 Å². The summed E-state index contributed by atoms with van der Waals surface area (Å²) in [7, 11) is 1.49. The first-order valence-corrected chi connectivity index (χ1v) is 8.87. The van der Waals surface area contributed by atoms with Crippen molar-refractivity contribution in [2.24, 2.45) is 0 Å². The molecule has 3 aromatic carbocycles. The maximum absolute atomic E-state index is 12.4. The van der Waals surface area contributed by atoms with E-state index in [1.54, 1.807) is 36.4 Å². The fourth-order valence-electron chi connectivity index (χ4n) is 2.75. The van der Waals surface area contributed by atoms with Crippen LogP contribution < -0.4 is 14.8 Å². The van der Waals surface area contributed by atoms with Crippen molar-refractivity contribution in [3.8, 4) is 11.5 Å². The third-order valence-electron chi connectivity index (χ3n) is 4.07. The van der Waals surface area contributed by atoms with E-state index in [2.05, 4.69) is 5.32 Å². The molecule has 144 valence electrons. The van der Waals surface area contributed by atoms with Gasteiger partial charge in [0.1, 0.15) is 17.1 Å². The Morgan fingerprint density at radius 2 is 1.64 bits per heavy atom. The van der Waals surface area contributed by atoms with Crippen molar-refractivity contribution in [1.82, 2.24) is 0 Å². The third-order valence-corrected chi connectivity index (χ3v) is 4.07. The van der Waals surface area contributed by atoms with Crippen molar-refractivity contribution in [3.63, 3.8) is 0 Å². The molecule has 0 unspecified atom stereocenters. The van der Waals surface area contributed by atoms with Crippen LogP contribution in [0.15, 0.2) is 60.7 Å². The Kier molecular flexibility index (Phi) is 6.11. The van der Waals surface area contributed by atoms with Gasteiger partial charge in [0.15, 0.2) is 6.61 Å². The van der Waals surface area contributed by atoms with Gasteiger partial charge in [0.05, 0.1) is 13.7 Å². The Labute approximate surface area is 163 Å². The number of esters is 1. The normalized spacial score (nSPS) is 10.4. The quantitative estimate of drug-likeness (QED) is 0.627. The minimum atomic E-state index is -0.621. The van der Waals surface area contributed by atoms with Crippen LogP contribution in [0.5, 0.6) is 11.5 Å². The van der Waals surface area contributed by atoms with Gasteiger partial charge in [-0.05, 0) is 54.1 Å². The van der Waals surface area contributed by atoms with Gasteiger partial charge in [0.2, 0.25) is 0 Å². The molecule has 3 aromatic rings. The number of rotatable bonds is 7. The zero-order chi connectivity index (χ0) is 19.9. The van der Waals surface area contributed by atoms with Gasteiger partial charge in [-0.25, -0.2) is 4.79 Å². The first-order valence-electron chi connectivity index (χ1n) is 8.87. The standard InChI is InChI=1S/C22H21NO5/c1-3-27-18-10-8-17(9-11-18)23-21(24)14-28-22(25)19-12-15-6-4-5-7-16(15)13-20(19)26-2/h4-13H,3,14H2,1-2H3,(H,23,24). The minimum absolute atomic E-state index is 0.273. The van der Waals surface area contributed by atoms with E-state index in [4.69, 9.17) is 14.2 Å². The lowest BCUT2D eigenvalue weighted by molar-refractivity contribution is -0.119. The highest BCUT2D eigenvalue weighted by Crippen LogP contribution is 2.26. The first-order chi connectivity index (χ1) is 13.6. The Bertz CT molecular complexity index is 982. The lowest BCUT2D eigenvalue weighted by Crippen LogP contribution is -2.21. The first kappa shape index (κ1) is 19.2.